The first kappa shape index (κ1) is 10.0. The number of anilines is 1. The molecule has 1 N–H and O–H groups in total. The summed E-state index contributed by atoms with van der Waals surface area (Å²) in [5.41, 5.74) is 1.12. The first-order valence-corrected chi connectivity index (χ1v) is 5.24. The van der Waals surface area contributed by atoms with Crippen molar-refractivity contribution in [2.24, 2.45) is 5.92 Å². The van der Waals surface area contributed by atoms with E-state index in [0.29, 0.717) is 0 Å². The highest BCUT2D eigenvalue weighted by Gasteiger charge is 2.35. The lowest BCUT2D eigenvalue weighted by Crippen LogP contribution is -2.32. The van der Waals surface area contributed by atoms with Crippen LogP contribution in [0.1, 0.15) is 13.3 Å². The molecule has 0 aromatic heterocycles. The fourth-order valence-electron chi connectivity index (χ4n) is 2.25. The van der Waals surface area contributed by atoms with E-state index in [4.69, 9.17) is 5.11 Å². The van der Waals surface area contributed by atoms with Crippen molar-refractivity contribution in [3.63, 3.8) is 0 Å². The third-order valence-electron chi connectivity index (χ3n) is 3.16. The second-order valence-corrected chi connectivity index (χ2v) is 4.00. The molecule has 1 fully saturated rings. The maximum atomic E-state index is 11.0. The molecule has 0 spiro atoms. The number of hydrogen-bond acceptors (Lipinski definition) is 2. The van der Waals surface area contributed by atoms with Crippen molar-refractivity contribution in [2.45, 2.75) is 19.4 Å². The molecule has 0 saturated carbocycles. The molecule has 1 aromatic rings. The summed E-state index contributed by atoms with van der Waals surface area (Å²) in [4.78, 5) is 13.1. The lowest BCUT2D eigenvalue weighted by molar-refractivity contribution is -0.141. The molecule has 1 saturated heterocycles. The van der Waals surface area contributed by atoms with E-state index in [1.54, 1.807) is 0 Å². The molecule has 2 rings (SSSR count). The van der Waals surface area contributed by atoms with E-state index in [9.17, 15) is 4.79 Å². The Morgan fingerprint density at radius 2 is 2.07 bits per heavy atom. The Hall–Kier alpha value is -1.51. The highest BCUT2D eigenvalue weighted by molar-refractivity contribution is 5.73. The first-order valence-electron chi connectivity index (χ1n) is 5.24. The van der Waals surface area contributed by atoms with Gasteiger partial charge in [-0.05, 0) is 25.5 Å². The quantitative estimate of drug-likeness (QED) is 0.802. The fraction of sp³-hybridized carbons (Fsp3) is 0.417. The Balaban J connectivity index is 2.17. The van der Waals surface area contributed by atoms with E-state index in [1.807, 2.05) is 37.3 Å². The molecule has 1 aliphatic heterocycles. The number of nitrogens with zero attached hydrogens (tertiary/aromatic N) is 1. The second kappa shape index (κ2) is 3.93. The van der Waals surface area contributed by atoms with Gasteiger partial charge in [0.25, 0.3) is 0 Å². The summed E-state index contributed by atoms with van der Waals surface area (Å²) in [6.07, 6.45) is 0.741. The van der Waals surface area contributed by atoms with Crippen molar-refractivity contribution in [1.29, 1.82) is 0 Å². The zero-order valence-electron chi connectivity index (χ0n) is 8.76. The summed E-state index contributed by atoms with van der Waals surface area (Å²) < 4.78 is 0. The van der Waals surface area contributed by atoms with E-state index >= 15 is 0 Å². The van der Waals surface area contributed by atoms with E-state index in [0.717, 1.165) is 18.7 Å². The Labute approximate surface area is 89.3 Å². The minimum atomic E-state index is -0.680. The molecule has 1 aromatic carbocycles. The monoisotopic (exact) mass is 205 g/mol. The zero-order valence-corrected chi connectivity index (χ0v) is 8.76. The molecular weight excluding hydrogens is 190 g/mol. The van der Waals surface area contributed by atoms with Gasteiger partial charge in [-0.1, -0.05) is 18.2 Å². The van der Waals surface area contributed by atoms with Crippen molar-refractivity contribution < 1.29 is 9.90 Å². The van der Waals surface area contributed by atoms with E-state index in [1.165, 1.54) is 0 Å². The zero-order chi connectivity index (χ0) is 10.8. The van der Waals surface area contributed by atoms with Crippen LogP contribution in [0.2, 0.25) is 0 Å². The topological polar surface area (TPSA) is 40.5 Å². The summed E-state index contributed by atoms with van der Waals surface area (Å²) >= 11 is 0. The number of para-hydroxylation sites is 1. The molecule has 1 heterocycles. The van der Waals surface area contributed by atoms with Crippen LogP contribution < -0.4 is 4.90 Å². The van der Waals surface area contributed by atoms with E-state index in [-0.39, 0.29) is 12.0 Å². The van der Waals surface area contributed by atoms with Crippen LogP contribution in [0.15, 0.2) is 30.3 Å². The molecule has 0 radical (unpaired) electrons. The van der Waals surface area contributed by atoms with Gasteiger partial charge in [-0.15, -0.1) is 0 Å². The van der Waals surface area contributed by atoms with Gasteiger partial charge in [-0.3, -0.25) is 4.79 Å². The van der Waals surface area contributed by atoms with Crippen LogP contribution in [0.4, 0.5) is 5.69 Å². The van der Waals surface area contributed by atoms with Crippen LogP contribution in [0, 0.1) is 5.92 Å². The van der Waals surface area contributed by atoms with Crippen LogP contribution in [0.5, 0.6) is 0 Å². The first-order chi connectivity index (χ1) is 7.20. The third kappa shape index (κ3) is 1.82. The molecule has 15 heavy (non-hydrogen) atoms. The van der Waals surface area contributed by atoms with Gasteiger partial charge in [0.15, 0.2) is 0 Å². The average Bonchev–Trinajstić information content (AvgIpc) is 2.61. The average molecular weight is 205 g/mol. The Kier molecular flexibility index (Phi) is 2.62. The van der Waals surface area contributed by atoms with Gasteiger partial charge in [-0.2, -0.15) is 0 Å². The molecule has 0 aliphatic carbocycles. The van der Waals surface area contributed by atoms with Crippen LogP contribution >= 0.6 is 0 Å². The number of carboxylic acid groups (broad SMARTS) is 1. The van der Waals surface area contributed by atoms with Gasteiger partial charge in [0.1, 0.15) is 0 Å². The molecule has 3 nitrogen and oxygen atoms in total. The van der Waals surface area contributed by atoms with Gasteiger partial charge in [0.2, 0.25) is 0 Å². The maximum absolute atomic E-state index is 11.0. The van der Waals surface area contributed by atoms with E-state index in [2.05, 4.69) is 4.90 Å². The Morgan fingerprint density at radius 3 is 2.60 bits per heavy atom. The Bertz CT molecular complexity index is 350. The van der Waals surface area contributed by atoms with Gasteiger partial charge >= 0.3 is 5.97 Å². The van der Waals surface area contributed by atoms with Gasteiger partial charge in [0.05, 0.1) is 5.92 Å². The number of hydrogen-bond donors (Lipinski definition) is 1. The number of carboxylic acids is 1. The van der Waals surface area contributed by atoms with Gasteiger partial charge < -0.3 is 10.0 Å². The van der Waals surface area contributed by atoms with Gasteiger partial charge in [0, 0.05) is 18.3 Å². The van der Waals surface area contributed by atoms with Crippen molar-refractivity contribution in [3.8, 4) is 0 Å². The number of carbonyl (C=O) groups is 1. The van der Waals surface area contributed by atoms with E-state index < -0.39 is 5.97 Å². The summed E-state index contributed by atoms with van der Waals surface area (Å²) in [5.74, 6) is -0.911. The third-order valence-corrected chi connectivity index (χ3v) is 3.16. The van der Waals surface area contributed by atoms with Gasteiger partial charge in [-0.25, -0.2) is 0 Å². The predicted molar refractivity (Wildman–Crippen MR) is 59.0 cm³/mol. The lowest BCUT2D eigenvalue weighted by Gasteiger charge is -2.25. The van der Waals surface area contributed by atoms with Crippen molar-refractivity contribution in [1.82, 2.24) is 0 Å². The summed E-state index contributed by atoms with van der Waals surface area (Å²) in [5, 5.41) is 9.02. The molecule has 0 bridgehead atoms. The van der Waals surface area contributed by atoms with Crippen molar-refractivity contribution >= 4 is 11.7 Å². The largest absolute Gasteiger partial charge is 0.481 e. The minimum Gasteiger partial charge on any atom is -0.481 e. The predicted octanol–water partition coefficient (Wildman–Crippen LogP) is 1.99. The normalized spacial score (nSPS) is 25.5. The summed E-state index contributed by atoms with van der Waals surface area (Å²) in [7, 11) is 0. The molecule has 80 valence electrons. The summed E-state index contributed by atoms with van der Waals surface area (Å²) in [6.45, 7) is 2.82. The molecule has 3 heteroatoms. The molecule has 0 amide bonds. The molecule has 1 aliphatic rings. The smallest absolute Gasteiger partial charge is 0.308 e. The summed E-state index contributed by atoms with van der Waals surface area (Å²) in [6, 6.07) is 10.1. The standard InChI is InChI=1S/C12H15NO2/c1-9-11(12(14)15)7-8-13(9)10-5-3-2-4-6-10/h2-6,9,11H,7-8H2,1H3,(H,14,15)/t9-,11+/m0/s1. The maximum Gasteiger partial charge on any atom is 0.308 e. The number of aliphatic carboxylic acids is 1. The minimum absolute atomic E-state index is 0.0879. The highest BCUT2D eigenvalue weighted by atomic mass is 16.4. The fourth-order valence-corrected chi connectivity index (χ4v) is 2.25. The van der Waals surface area contributed by atoms with Crippen LogP contribution in [0.3, 0.4) is 0 Å². The SMILES string of the molecule is C[C@H]1[C@H](C(=O)O)CCN1c1ccccc1. The number of benzene rings is 1. The second-order valence-electron chi connectivity index (χ2n) is 4.00. The molecular formula is C12H15NO2. The molecule has 0 unspecified atom stereocenters. The van der Waals surface area contributed by atoms with Crippen LogP contribution in [0.25, 0.3) is 0 Å². The Morgan fingerprint density at radius 1 is 1.40 bits per heavy atom. The van der Waals surface area contributed by atoms with Crippen molar-refractivity contribution in [2.75, 3.05) is 11.4 Å². The van der Waals surface area contributed by atoms with Crippen LogP contribution in [-0.2, 0) is 4.79 Å². The highest BCUT2D eigenvalue weighted by Crippen LogP contribution is 2.29. The number of rotatable bonds is 2. The molecule has 2 atom stereocenters. The van der Waals surface area contributed by atoms with Crippen molar-refractivity contribution in [3.05, 3.63) is 30.3 Å². The lowest BCUT2D eigenvalue weighted by atomic mass is 10.0. The van der Waals surface area contributed by atoms with Crippen LogP contribution in [-0.4, -0.2) is 23.7 Å².